The van der Waals surface area contributed by atoms with Gasteiger partial charge in [0.1, 0.15) is 0 Å². The van der Waals surface area contributed by atoms with Crippen LogP contribution in [0, 0.1) is 0 Å². The molecule has 0 atom stereocenters. The summed E-state index contributed by atoms with van der Waals surface area (Å²) in [6, 6.07) is 64.6. The molecule has 1 heterocycles. The molecule has 0 unspecified atom stereocenters. The fourth-order valence-corrected chi connectivity index (χ4v) is 9.08. The van der Waals surface area contributed by atoms with Gasteiger partial charge in [0.25, 0.3) is 0 Å². The molecule has 0 radical (unpaired) electrons. The molecule has 254 valence electrons. The summed E-state index contributed by atoms with van der Waals surface area (Å²) in [4.78, 5) is 4.74. The number of rotatable bonds is 9. The highest BCUT2D eigenvalue weighted by Gasteiger charge is 2.19. The molecule has 9 rings (SSSR count). The smallest absolute Gasteiger partial charge is 0.0468 e. The van der Waals surface area contributed by atoms with Crippen molar-refractivity contribution in [1.82, 2.24) is 0 Å². The van der Waals surface area contributed by atoms with Crippen molar-refractivity contribution in [2.75, 3.05) is 9.80 Å². The quantitative estimate of drug-likeness (QED) is 0.149. The van der Waals surface area contributed by atoms with Gasteiger partial charge < -0.3 is 9.80 Å². The summed E-state index contributed by atoms with van der Waals surface area (Å²) >= 11 is 1.87. The molecule has 7 aromatic carbocycles. The van der Waals surface area contributed by atoms with Crippen LogP contribution >= 0.6 is 11.3 Å². The molecule has 0 spiro atoms. The monoisotopic (exact) mass is 690 g/mol. The topological polar surface area (TPSA) is 6.48 Å². The van der Waals surface area contributed by atoms with Gasteiger partial charge in [0, 0.05) is 54.3 Å². The Morgan fingerprint density at radius 1 is 0.404 bits per heavy atom. The van der Waals surface area contributed by atoms with Gasteiger partial charge in [-0.3, -0.25) is 0 Å². The summed E-state index contributed by atoms with van der Waals surface area (Å²) in [5.74, 6) is 0.692. The third-order valence-corrected chi connectivity index (χ3v) is 11.8. The fraction of sp³-hybridized carbons (Fsp3) is 0.143. The molecule has 52 heavy (non-hydrogen) atoms. The zero-order chi connectivity index (χ0) is 34.7. The number of benzene rings is 7. The SMILES string of the molecule is c1ccc(N(c2ccccc2)c2ccc(Cc3ccc(N(c4ccc(C5CCCCC5)cc4)c4ccc5sc6ccccc6c5c4)cc3)cc2)cc1. The minimum atomic E-state index is 0.692. The first-order chi connectivity index (χ1) is 25.8. The minimum absolute atomic E-state index is 0.692. The standard InChI is InChI=1S/C49H42N2S/c1-4-12-38(13-5-1)39-24-30-44(31-25-39)51(45-32-33-49-47(35-45)46-18-10-11-19-48(46)52-49)43-28-22-37(23-29-43)34-36-20-26-42(27-21-36)50(40-14-6-2-7-15-40)41-16-8-3-9-17-41/h2-3,6-11,14-33,35,38H,1,4-5,12-13,34H2. The van der Waals surface area contributed by atoms with Crippen LogP contribution in [0.15, 0.2) is 176 Å². The molecule has 1 aliphatic carbocycles. The Morgan fingerprint density at radius 3 is 1.46 bits per heavy atom. The second kappa shape index (κ2) is 14.5. The van der Waals surface area contributed by atoms with E-state index in [1.807, 2.05) is 11.3 Å². The van der Waals surface area contributed by atoms with Crippen molar-refractivity contribution in [3.8, 4) is 0 Å². The highest BCUT2D eigenvalue weighted by molar-refractivity contribution is 7.25. The molecule has 8 aromatic rings. The predicted octanol–water partition coefficient (Wildman–Crippen LogP) is 14.6. The van der Waals surface area contributed by atoms with Crippen LogP contribution in [0.5, 0.6) is 0 Å². The van der Waals surface area contributed by atoms with Crippen LogP contribution in [-0.4, -0.2) is 0 Å². The van der Waals surface area contributed by atoms with Gasteiger partial charge in [0.05, 0.1) is 0 Å². The van der Waals surface area contributed by atoms with Gasteiger partial charge in [-0.1, -0.05) is 110 Å². The first-order valence-corrected chi connectivity index (χ1v) is 19.5. The van der Waals surface area contributed by atoms with Gasteiger partial charge in [-0.05, 0) is 127 Å². The van der Waals surface area contributed by atoms with Gasteiger partial charge in [-0.25, -0.2) is 0 Å². The largest absolute Gasteiger partial charge is 0.311 e. The Morgan fingerprint density at radius 2 is 0.865 bits per heavy atom. The van der Waals surface area contributed by atoms with Gasteiger partial charge in [-0.2, -0.15) is 0 Å². The fourth-order valence-electron chi connectivity index (χ4n) is 7.99. The van der Waals surface area contributed by atoms with E-state index in [-0.39, 0.29) is 0 Å². The lowest BCUT2D eigenvalue weighted by Crippen LogP contribution is -2.11. The van der Waals surface area contributed by atoms with Crippen LogP contribution in [0.3, 0.4) is 0 Å². The maximum Gasteiger partial charge on any atom is 0.0468 e. The highest BCUT2D eigenvalue weighted by atomic mass is 32.1. The van der Waals surface area contributed by atoms with Gasteiger partial charge in [0.15, 0.2) is 0 Å². The number of thiophene rings is 1. The maximum atomic E-state index is 2.43. The number of para-hydroxylation sites is 2. The second-order valence-corrected chi connectivity index (χ2v) is 15.1. The van der Waals surface area contributed by atoms with E-state index in [2.05, 4.69) is 186 Å². The molecule has 2 nitrogen and oxygen atoms in total. The van der Waals surface area contributed by atoms with E-state index in [1.54, 1.807) is 0 Å². The molecule has 1 saturated carbocycles. The Kier molecular flexibility index (Phi) is 9.02. The van der Waals surface area contributed by atoms with E-state index in [1.165, 1.54) is 86.0 Å². The minimum Gasteiger partial charge on any atom is -0.311 e. The van der Waals surface area contributed by atoms with Crippen molar-refractivity contribution < 1.29 is 0 Å². The molecule has 1 aromatic heterocycles. The summed E-state index contributed by atoms with van der Waals surface area (Å²) in [5, 5.41) is 2.65. The lowest BCUT2D eigenvalue weighted by Gasteiger charge is -2.27. The number of fused-ring (bicyclic) bond motifs is 3. The summed E-state index contributed by atoms with van der Waals surface area (Å²) < 4.78 is 2.66. The van der Waals surface area contributed by atoms with Crippen LogP contribution in [-0.2, 0) is 6.42 Å². The normalized spacial score (nSPS) is 13.4. The number of hydrogen-bond donors (Lipinski definition) is 0. The zero-order valence-electron chi connectivity index (χ0n) is 29.4. The van der Waals surface area contributed by atoms with Crippen molar-refractivity contribution in [3.05, 3.63) is 193 Å². The van der Waals surface area contributed by atoms with Crippen molar-refractivity contribution in [2.24, 2.45) is 0 Å². The summed E-state index contributed by atoms with van der Waals surface area (Å²) in [6.45, 7) is 0. The van der Waals surface area contributed by atoms with Crippen molar-refractivity contribution in [2.45, 2.75) is 44.4 Å². The van der Waals surface area contributed by atoms with Crippen LogP contribution in [0.25, 0.3) is 20.2 Å². The lowest BCUT2D eigenvalue weighted by atomic mass is 9.84. The first kappa shape index (κ1) is 32.3. The molecular weight excluding hydrogens is 649 g/mol. The third kappa shape index (κ3) is 6.61. The third-order valence-electron chi connectivity index (χ3n) is 10.7. The number of hydrogen-bond acceptors (Lipinski definition) is 3. The average molecular weight is 691 g/mol. The number of anilines is 6. The Hall–Kier alpha value is -5.64. The molecule has 1 fully saturated rings. The average Bonchev–Trinajstić information content (AvgIpc) is 3.59. The first-order valence-electron chi connectivity index (χ1n) is 18.7. The van der Waals surface area contributed by atoms with Crippen LogP contribution < -0.4 is 9.80 Å². The van der Waals surface area contributed by atoms with Gasteiger partial charge >= 0.3 is 0 Å². The van der Waals surface area contributed by atoms with E-state index in [4.69, 9.17) is 0 Å². The second-order valence-electron chi connectivity index (χ2n) is 14.1. The van der Waals surface area contributed by atoms with E-state index in [9.17, 15) is 0 Å². The molecule has 0 bridgehead atoms. The molecule has 0 N–H and O–H groups in total. The zero-order valence-corrected chi connectivity index (χ0v) is 30.2. The molecule has 0 saturated heterocycles. The van der Waals surface area contributed by atoms with Crippen molar-refractivity contribution in [1.29, 1.82) is 0 Å². The lowest BCUT2D eigenvalue weighted by molar-refractivity contribution is 0.443. The van der Waals surface area contributed by atoms with Gasteiger partial charge in [-0.15, -0.1) is 11.3 Å². The van der Waals surface area contributed by atoms with Crippen molar-refractivity contribution >= 4 is 65.6 Å². The van der Waals surface area contributed by atoms with Crippen LogP contribution in [0.4, 0.5) is 34.1 Å². The Balaban J connectivity index is 1.01. The number of nitrogens with zero attached hydrogens (tertiary/aromatic N) is 2. The van der Waals surface area contributed by atoms with Gasteiger partial charge in [0.2, 0.25) is 0 Å². The molecule has 0 aliphatic heterocycles. The van der Waals surface area contributed by atoms with Crippen LogP contribution in [0.2, 0.25) is 0 Å². The van der Waals surface area contributed by atoms with E-state index in [0.717, 1.165) is 23.5 Å². The summed E-state index contributed by atoms with van der Waals surface area (Å²) in [6.07, 6.45) is 7.58. The summed E-state index contributed by atoms with van der Waals surface area (Å²) in [7, 11) is 0. The van der Waals surface area contributed by atoms with E-state index >= 15 is 0 Å². The molecule has 3 heteroatoms. The predicted molar refractivity (Wildman–Crippen MR) is 224 cm³/mol. The Labute approximate surface area is 311 Å². The van der Waals surface area contributed by atoms with E-state index in [0.29, 0.717) is 5.92 Å². The van der Waals surface area contributed by atoms with E-state index < -0.39 is 0 Å². The highest BCUT2D eigenvalue weighted by Crippen LogP contribution is 2.42. The molecular formula is C49H42N2S. The Bertz CT molecular complexity index is 2350. The van der Waals surface area contributed by atoms with Crippen LogP contribution in [0.1, 0.15) is 54.7 Å². The maximum absolute atomic E-state index is 2.43. The molecule has 1 aliphatic rings. The van der Waals surface area contributed by atoms with Crippen molar-refractivity contribution in [3.63, 3.8) is 0 Å². The summed E-state index contributed by atoms with van der Waals surface area (Å²) in [5.41, 5.74) is 11.1. The molecule has 0 amide bonds.